The Kier molecular flexibility index (Phi) is 6.89. The van der Waals surface area contributed by atoms with Crippen LogP contribution in [0, 0.1) is 0 Å². The molecule has 1 aromatic rings. The molecule has 90 valence electrons. The lowest BCUT2D eigenvalue weighted by atomic mass is 10.0. The van der Waals surface area contributed by atoms with Gasteiger partial charge in [0, 0.05) is 6.04 Å². The van der Waals surface area contributed by atoms with Crippen LogP contribution in [0.5, 0.6) is 0 Å². The van der Waals surface area contributed by atoms with E-state index in [9.17, 15) is 0 Å². The van der Waals surface area contributed by atoms with Crippen molar-refractivity contribution in [1.29, 1.82) is 0 Å². The molecule has 0 spiro atoms. The van der Waals surface area contributed by atoms with Crippen molar-refractivity contribution in [2.24, 2.45) is 0 Å². The number of unbranched alkanes of at least 4 members (excludes halogenated alkanes) is 1. The molecule has 0 amide bonds. The first kappa shape index (κ1) is 14.4. The second kappa shape index (κ2) is 7.64. The van der Waals surface area contributed by atoms with Crippen LogP contribution in [0.3, 0.4) is 0 Å². The van der Waals surface area contributed by atoms with Gasteiger partial charge in [-0.05, 0) is 69.3 Å². The summed E-state index contributed by atoms with van der Waals surface area (Å²) in [4.78, 5) is 0. The van der Waals surface area contributed by atoms with Crippen molar-refractivity contribution in [3.63, 3.8) is 0 Å². The zero-order valence-electron chi connectivity index (χ0n) is 9.43. The average molecular weight is 367 g/mol. The fraction of sp³-hybridized carbons (Fsp3) is 0.500. The van der Waals surface area contributed by atoms with Gasteiger partial charge in [-0.2, -0.15) is 0 Å². The molecular weight excluding hydrogens is 350 g/mol. The van der Waals surface area contributed by atoms with Crippen LogP contribution in [0.15, 0.2) is 26.3 Å². The monoisotopic (exact) mass is 365 g/mol. The first-order valence-corrected chi connectivity index (χ1v) is 7.88. The molecule has 0 aliphatic heterocycles. The van der Waals surface area contributed by atoms with E-state index in [-0.39, 0.29) is 0 Å². The second-order valence-corrected chi connectivity index (χ2v) is 7.36. The van der Waals surface area contributed by atoms with Crippen molar-refractivity contribution in [2.45, 2.75) is 32.2 Å². The Balaban J connectivity index is 2.68. The van der Waals surface area contributed by atoms with E-state index in [2.05, 4.69) is 56.7 Å². The number of thiophene rings is 1. The summed E-state index contributed by atoms with van der Waals surface area (Å²) >= 11 is 8.89. The largest absolute Gasteiger partial charge is 0.310 e. The summed E-state index contributed by atoms with van der Waals surface area (Å²) in [6.45, 7) is 6.91. The quantitative estimate of drug-likeness (QED) is 0.511. The lowest BCUT2D eigenvalue weighted by molar-refractivity contribution is 0.500. The van der Waals surface area contributed by atoms with Crippen LogP contribution in [0.2, 0.25) is 0 Å². The summed E-state index contributed by atoms with van der Waals surface area (Å²) in [7, 11) is 0. The minimum absolute atomic E-state index is 0.446. The van der Waals surface area contributed by atoms with Crippen molar-refractivity contribution >= 4 is 43.2 Å². The van der Waals surface area contributed by atoms with E-state index in [0.717, 1.165) is 19.4 Å². The van der Waals surface area contributed by atoms with Crippen molar-refractivity contribution in [3.8, 4) is 0 Å². The zero-order valence-corrected chi connectivity index (χ0v) is 13.4. The smallest absolute Gasteiger partial charge is 0.0758 e. The summed E-state index contributed by atoms with van der Waals surface area (Å²) in [6, 6.07) is 2.65. The van der Waals surface area contributed by atoms with E-state index in [4.69, 9.17) is 0 Å². The van der Waals surface area contributed by atoms with Gasteiger partial charge in [0.15, 0.2) is 0 Å². The molecule has 0 saturated heterocycles. The van der Waals surface area contributed by atoms with E-state index in [1.807, 2.05) is 6.08 Å². The van der Waals surface area contributed by atoms with Crippen LogP contribution < -0.4 is 5.32 Å². The predicted octanol–water partition coefficient (Wildman–Crippen LogP) is 5.28. The molecule has 0 radical (unpaired) electrons. The van der Waals surface area contributed by atoms with Crippen LogP contribution in [0.25, 0.3) is 0 Å². The molecule has 0 aromatic carbocycles. The molecule has 1 nitrogen and oxygen atoms in total. The molecule has 1 heterocycles. The summed E-state index contributed by atoms with van der Waals surface area (Å²) in [6.07, 6.45) is 5.41. The maximum Gasteiger partial charge on any atom is 0.0758 e. The van der Waals surface area contributed by atoms with Gasteiger partial charge in [-0.15, -0.1) is 17.9 Å². The topological polar surface area (TPSA) is 12.0 Å². The van der Waals surface area contributed by atoms with Gasteiger partial charge < -0.3 is 5.32 Å². The standard InChI is InChI=1S/C12H17Br2NS/c1-3-5-6-7-10(15-4-2)9-8-11(13)16-12(9)14/h3,8,10,15H,1,4-7H2,2H3. The summed E-state index contributed by atoms with van der Waals surface area (Å²) in [5, 5.41) is 3.53. The zero-order chi connectivity index (χ0) is 12.0. The van der Waals surface area contributed by atoms with E-state index in [1.165, 1.54) is 19.6 Å². The van der Waals surface area contributed by atoms with E-state index < -0.39 is 0 Å². The summed E-state index contributed by atoms with van der Waals surface area (Å²) in [5.41, 5.74) is 1.36. The first-order valence-electron chi connectivity index (χ1n) is 5.48. The normalized spacial score (nSPS) is 12.7. The van der Waals surface area contributed by atoms with E-state index >= 15 is 0 Å². The molecule has 1 unspecified atom stereocenters. The molecule has 1 atom stereocenters. The molecule has 0 bridgehead atoms. The summed E-state index contributed by atoms with van der Waals surface area (Å²) in [5.74, 6) is 0. The van der Waals surface area contributed by atoms with E-state index in [0.29, 0.717) is 6.04 Å². The third-order valence-corrected chi connectivity index (χ3v) is 4.80. The highest BCUT2D eigenvalue weighted by atomic mass is 79.9. The van der Waals surface area contributed by atoms with Gasteiger partial charge in [-0.3, -0.25) is 0 Å². The van der Waals surface area contributed by atoms with Gasteiger partial charge in [0.2, 0.25) is 0 Å². The Hall–Kier alpha value is 0.360. The third kappa shape index (κ3) is 4.32. The van der Waals surface area contributed by atoms with Crippen molar-refractivity contribution in [3.05, 3.63) is 31.9 Å². The summed E-state index contributed by atoms with van der Waals surface area (Å²) < 4.78 is 2.41. The Labute approximate surface area is 119 Å². The number of hydrogen-bond donors (Lipinski definition) is 1. The van der Waals surface area contributed by atoms with Gasteiger partial charge in [0.05, 0.1) is 7.57 Å². The fourth-order valence-corrected chi connectivity index (χ4v) is 4.64. The van der Waals surface area contributed by atoms with Crippen molar-refractivity contribution in [2.75, 3.05) is 6.54 Å². The SMILES string of the molecule is C=CCCCC(NCC)c1cc(Br)sc1Br. The first-order chi connectivity index (χ1) is 7.69. The average Bonchev–Trinajstić information content (AvgIpc) is 2.57. The molecule has 0 fully saturated rings. The van der Waals surface area contributed by atoms with Gasteiger partial charge in [0.1, 0.15) is 0 Å². The minimum atomic E-state index is 0.446. The van der Waals surface area contributed by atoms with Crippen molar-refractivity contribution in [1.82, 2.24) is 5.32 Å². The highest BCUT2D eigenvalue weighted by molar-refractivity contribution is 9.12. The lowest BCUT2D eigenvalue weighted by Gasteiger charge is -2.17. The molecular formula is C12H17Br2NS. The second-order valence-electron chi connectivity index (χ2n) is 3.61. The maximum atomic E-state index is 3.76. The molecule has 1 aromatic heterocycles. The fourth-order valence-electron chi connectivity index (χ4n) is 1.67. The highest BCUT2D eigenvalue weighted by Crippen LogP contribution is 2.37. The van der Waals surface area contributed by atoms with Crippen LogP contribution in [0.1, 0.15) is 37.8 Å². The Morgan fingerprint density at radius 2 is 2.31 bits per heavy atom. The maximum absolute atomic E-state index is 3.76. The number of allylic oxidation sites excluding steroid dienone is 1. The molecule has 0 aliphatic carbocycles. The third-order valence-electron chi connectivity index (χ3n) is 2.41. The van der Waals surface area contributed by atoms with E-state index in [1.54, 1.807) is 11.3 Å². The number of halogens is 2. The molecule has 1 N–H and O–H groups in total. The lowest BCUT2D eigenvalue weighted by Crippen LogP contribution is -2.20. The molecule has 16 heavy (non-hydrogen) atoms. The highest BCUT2D eigenvalue weighted by Gasteiger charge is 2.15. The Bertz CT molecular complexity index is 336. The van der Waals surface area contributed by atoms with Gasteiger partial charge >= 0.3 is 0 Å². The van der Waals surface area contributed by atoms with Crippen LogP contribution in [-0.4, -0.2) is 6.54 Å². The van der Waals surface area contributed by atoms with Gasteiger partial charge in [-0.1, -0.05) is 13.0 Å². The number of hydrogen-bond acceptors (Lipinski definition) is 2. The van der Waals surface area contributed by atoms with Gasteiger partial charge in [0.25, 0.3) is 0 Å². The minimum Gasteiger partial charge on any atom is -0.310 e. The Morgan fingerprint density at radius 3 is 2.81 bits per heavy atom. The predicted molar refractivity (Wildman–Crippen MR) is 80.2 cm³/mol. The van der Waals surface area contributed by atoms with Crippen molar-refractivity contribution < 1.29 is 0 Å². The van der Waals surface area contributed by atoms with Gasteiger partial charge in [-0.25, -0.2) is 0 Å². The van der Waals surface area contributed by atoms with Crippen LogP contribution >= 0.6 is 43.2 Å². The Morgan fingerprint density at radius 1 is 1.56 bits per heavy atom. The molecule has 0 aliphatic rings. The number of nitrogens with one attached hydrogen (secondary N) is 1. The van der Waals surface area contributed by atoms with Crippen LogP contribution in [0.4, 0.5) is 0 Å². The van der Waals surface area contributed by atoms with Crippen LogP contribution in [-0.2, 0) is 0 Å². The molecule has 0 saturated carbocycles. The molecule has 4 heteroatoms. The number of rotatable bonds is 7. The molecule has 1 rings (SSSR count).